The maximum Gasteiger partial charge on any atom is 0.191 e. The van der Waals surface area contributed by atoms with Crippen molar-refractivity contribution in [3.05, 3.63) is 41.4 Å². The van der Waals surface area contributed by atoms with Crippen LogP contribution in [-0.4, -0.2) is 40.1 Å². The zero-order valence-electron chi connectivity index (χ0n) is 19.6. The van der Waals surface area contributed by atoms with Crippen LogP contribution in [0, 0.1) is 12.8 Å². The molecular formula is C23H35IN6OS. The van der Waals surface area contributed by atoms with Crippen LogP contribution >= 0.6 is 35.7 Å². The Bertz CT molecular complexity index is 1010. The standard InChI is InChI=1S/C23H34N6OS.HI/c1-6-24-22(26-14-20-17(4)18-10-7-8-11-19(18)30-20)25-13-9-12-21-27-28-23(31-5)29(21)15-16(2)3;/h7-8,10-11,16H,6,9,12-15H2,1-5H3,(H2,24,25,26);1H. The van der Waals surface area contributed by atoms with Crippen LogP contribution in [0.5, 0.6) is 0 Å². The number of thioether (sulfide) groups is 1. The lowest BCUT2D eigenvalue weighted by molar-refractivity contribution is 0.477. The van der Waals surface area contributed by atoms with Gasteiger partial charge in [0, 0.05) is 37.0 Å². The number of guanidine groups is 1. The first-order valence-corrected chi connectivity index (χ1v) is 12.2. The summed E-state index contributed by atoms with van der Waals surface area (Å²) in [5.41, 5.74) is 2.07. The molecule has 0 aliphatic rings. The van der Waals surface area contributed by atoms with E-state index in [0.29, 0.717) is 12.5 Å². The third kappa shape index (κ3) is 6.87. The van der Waals surface area contributed by atoms with E-state index in [-0.39, 0.29) is 24.0 Å². The third-order valence-corrected chi connectivity index (χ3v) is 5.73. The van der Waals surface area contributed by atoms with Gasteiger partial charge < -0.3 is 19.6 Å². The van der Waals surface area contributed by atoms with Gasteiger partial charge in [-0.25, -0.2) is 4.99 Å². The van der Waals surface area contributed by atoms with Gasteiger partial charge in [0.05, 0.1) is 0 Å². The molecule has 7 nitrogen and oxygen atoms in total. The molecule has 0 bridgehead atoms. The first-order valence-electron chi connectivity index (χ1n) is 11.0. The SMILES string of the molecule is CCNC(=NCc1oc2ccccc2c1C)NCCCc1nnc(SC)n1CC(C)C.I. The molecule has 1 aromatic carbocycles. The van der Waals surface area contributed by atoms with Gasteiger partial charge in [0.1, 0.15) is 23.7 Å². The summed E-state index contributed by atoms with van der Waals surface area (Å²) in [6.45, 7) is 11.7. The van der Waals surface area contributed by atoms with Crippen molar-refractivity contribution in [3.8, 4) is 0 Å². The highest BCUT2D eigenvalue weighted by Gasteiger charge is 2.13. The number of para-hydroxylation sites is 1. The fraction of sp³-hybridized carbons (Fsp3) is 0.522. The van der Waals surface area contributed by atoms with Crippen LogP contribution < -0.4 is 10.6 Å². The quantitative estimate of drug-likeness (QED) is 0.117. The number of hydrogen-bond acceptors (Lipinski definition) is 5. The predicted octanol–water partition coefficient (Wildman–Crippen LogP) is 5.02. The molecule has 176 valence electrons. The second-order valence-electron chi connectivity index (χ2n) is 7.98. The zero-order chi connectivity index (χ0) is 22.2. The van der Waals surface area contributed by atoms with Crippen LogP contribution in [0.25, 0.3) is 11.0 Å². The average molecular weight is 571 g/mol. The van der Waals surface area contributed by atoms with Gasteiger partial charge in [0.25, 0.3) is 0 Å². The van der Waals surface area contributed by atoms with Crippen molar-refractivity contribution in [2.75, 3.05) is 19.3 Å². The normalized spacial score (nSPS) is 11.8. The number of furan rings is 1. The largest absolute Gasteiger partial charge is 0.459 e. The number of nitrogens with zero attached hydrogens (tertiary/aromatic N) is 4. The van der Waals surface area contributed by atoms with Crippen LogP contribution in [-0.2, 0) is 19.5 Å². The molecule has 3 rings (SSSR count). The first-order chi connectivity index (χ1) is 15.0. The van der Waals surface area contributed by atoms with Gasteiger partial charge in [0.15, 0.2) is 11.1 Å². The Hall–Kier alpha value is -1.75. The number of benzene rings is 1. The van der Waals surface area contributed by atoms with Crippen LogP contribution in [0.3, 0.4) is 0 Å². The van der Waals surface area contributed by atoms with Gasteiger partial charge in [0.2, 0.25) is 0 Å². The lowest BCUT2D eigenvalue weighted by Crippen LogP contribution is -2.37. The fourth-order valence-electron chi connectivity index (χ4n) is 3.53. The molecular weight excluding hydrogens is 535 g/mol. The van der Waals surface area contributed by atoms with Crippen molar-refractivity contribution < 1.29 is 4.42 Å². The molecule has 2 N–H and O–H groups in total. The molecule has 0 aliphatic heterocycles. The van der Waals surface area contributed by atoms with Crippen LogP contribution in [0.15, 0.2) is 38.8 Å². The third-order valence-electron chi connectivity index (χ3n) is 5.06. The Morgan fingerprint density at radius 3 is 2.69 bits per heavy atom. The first kappa shape index (κ1) is 26.5. The molecule has 0 amide bonds. The predicted molar refractivity (Wildman–Crippen MR) is 144 cm³/mol. The number of aliphatic imine (C=N–C) groups is 1. The van der Waals surface area contributed by atoms with E-state index in [1.54, 1.807) is 11.8 Å². The molecule has 0 atom stereocenters. The highest BCUT2D eigenvalue weighted by atomic mass is 127. The Morgan fingerprint density at radius 2 is 2.00 bits per heavy atom. The molecule has 0 fully saturated rings. The van der Waals surface area contributed by atoms with Gasteiger partial charge in [-0.2, -0.15) is 0 Å². The van der Waals surface area contributed by atoms with E-state index in [4.69, 9.17) is 9.41 Å². The Balaban J connectivity index is 0.00000363. The van der Waals surface area contributed by atoms with Crippen molar-refractivity contribution >= 4 is 52.7 Å². The van der Waals surface area contributed by atoms with Crippen LogP contribution in [0.1, 0.15) is 44.3 Å². The number of nitrogens with one attached hydrogen (secondary N) is 2. The molecule has 3 aromatic rings. The van der Waals surface area contributed by atoms with E-state index in [9.17, 15) is 0 Å². The summed E-state index contributed by atoms with van der Waals surface area (Å²) >= 11 is 1.65. The Labute approximate surface area is 212 Å². The summed E-state index contributed by atoms with van der Waals surface area (Å²) in [4.78, 5) is 4.72. The van der Waals surface area contributed by atoms with Gasteiger partial charge in [-0.1, -0.05) is 43.8 Å². The molecule has 0 radical (unpaired) electrons. The van der Waals surface area contributed by atoms with E-state index in [2.05, 4.69) is 65.4 Å². The van der Waals surface area contributed by atoms with E-state index in [1.165, 1.54) is 0 Å². The maximum atomic E-state index is 5.99. The van der Waals surface area contributed by atoms with Crippen molar-refractivity contribution in [2.45, 2.75) is 58.8 Å². The maximum absolute atomic E-state index is 5.99. The fourth-order valence-corrected chi connectivity index (χ4v) is 4.05. The van der Waals surface area contributed by atoms with E-state index in [0.717, 1.165) is 71.7 Å². The monoisotopic (exact) mass is 570 g/mol. The molecule has 2 heterocycles. The number of aromatic nitrogens is 3. The summed E-state index contributed by atoms with van der Waals surface area (Å²) in [7, 11) is 0. The summed E-state index contributed by atoms with van der Waals surface area (Å²) in [6, 6.07) is 8.12. The summed E-state index contributed by atoms with van der Waals surface area (Å²) in [5.74, 6) is 3.33. The van der Waals surface area contributed by atoms with Crippen LogP contribution in [0.2, 0.25) is 0 Å². The molecule has 0 unspecified atom stereocenters. The number of hydrogen-bond donors (Lipinski definition) is 2. The second-order valence-corrected chi connectivity index (χ2v) is 8.75. The van der Waals surface area contributed by atoms with Gasteiger partial charge >= 0.3 is 0 Å². The summed E-state index contributed by atoms with van der Waals surface area (Å²) in [5, 5.41) is 17.6. The zero-order valence-corrected chi connectivity index (χ0v) is 22.8. The minimum absolute atomic E-state index is 0. The van der Waals surface area contributed by atoms with E-state index < -0.39 is 0 Å². The smallest absolute Gasteiger partial charge is 0.191 e. The second kappa shape index (κ2) is 13.1. The molecule has 0 aliphatic carbocycles. The Kier molecular flexibility index (Phi) is 10.8. The minimum atomic E-state index is 0. The summed E-state index contributed by atoms with van der Waals surface area (Å²) < 4.78 is 8.23. The van der Waals surface area contributed by atoms with Gasteiger partial charge in [-0.3, -0.25) is 0 Å². The topological polar surface area (TPSA) is 80.3 Å². The van der Waals surface area contributed by atoms with Gasteiger partial charge in [-0.15, -0.1) is 34.2 Å². The van der Waals surface area contributed by atoms with Crippen molar-refractivity contribution in [1.29, 1.82) is 0 Å². The Morgan fingerprint density at radius 1 is 1.22 bits per heavy atom. The highest BCUT2D eigenvalue weighted by Crippen LogP contribution is 2.25. The van der Waals surface area contributed by atoms with Crippen molar-refractivity contribution in [2.24, 2.45) is 10.9 Å². The van der Waals surface area contributed by atoms with Crippen molar-refractivity contribution in [1.82, 2.24) is 25.4 Å². The molecule has 2 aromatic heterocycles. The van der Waals surface area contributed by atoms with Gasteiger partial charge in [-0.05, 0) is 38.5 Å². The molecule has 0 saturated heterocycles. The lowest BCUT2D eigenvalue weighted by atomic mass is 10.1. The molecule has 32 heavy (non-hydrogen) atoms. The molecule has 0 spiro atoms. The summed E-state index contributed by atoms with van der Waals surface area (Å²) in [6.07, 6.45) is 3.89. The molecule has 0 saturated carbocycles. The number of halogens is 1. The van der Waals surface area contributed by atoms with E-state index in [1.807, 2.05) is 18.2 Å². The van der Waals surface area contributed by atoms with Crippen molar-refractivity contribution in [3.63, 3.8) is 0 Å². The van der Waals surface area contributed by atoms with E-state index >= 15 is 0 Å². The molecule has 9 heteroatoms. The highest BCUT2D eigenvalue weighted by molar-refractivity contribution is 14.0. The van der Waals surface area contributed by atoms with Crippen LogP contribution in [0.4, 0.5) is 0 Å². The number of rotatable bonds is 10. The lowest BCUT2D eigenvalue weighted by Gasteiger charge is -2.13. The number of fused-ring (bicyclic) bond motifs is 1. The average Bonchev–Trinajstić information content (AvgIpc) is 3.29. The number of aryl methyl sites for hydroxylation is 2. The minimum Gasteiger partial charge on any atom is -0.459 e.